The van der Waals surface area contributed by atoms with E-state index in [2.05, 4.69) is 39.0 Å². The van der Waals surface area contributed by atoms with E-state index < -0.39 is 22.2 Å². The molecule has 1 aromatic rings. The summed E-state index contributed by atoms with van der Waals surface area (Å²) in [5, 5.41) is 0. The predicted octanol–water partition coefficient (Wildman–Crippen LogP) is -2.25. The normalized spacial score (nSPS) is 20.3. The van der Waals surface area contributed by atoms with Crippen LogP contribution in [-0.4, -0.2) is 6.61 Å². The van der Waals surface area contributed by atoms with Crippen LogP contribution >= 0.6 is 0 Å². The molecule has 4 heteroatoms. The smallest absolute Gasteiger partial charge is 1.00 e. The van der Waals surface area contributed by atoms with Crippen LogP contribution in [0, 0.1) is 13.8 Å². The maximum Gasteiger partial charge on any atom is -1.00 e. The number of halogens is 2. The van der Waals surface area contributed by atoms with Crippen LogP contribution in [0.3, 0.4) is 0 Å². The molecular weight excluding hydrogens is 346 g/mol. The third-order valence-electron chi connectivity index (χ3n) is 3.80. The maximum atomic E-state index is 5.89. The van der Waals surface area contributed by atoms with E-state index in [0.29, 0.717) is 3.63 Å². The number of hydrogen-bond donors (Lipinski definition) is 0. The third kappa shape index (κ3) is 2.50. The molecule has 1 nitrogen and oxygen atoms in total. The molecule has 0 saturated carbocycles. The van der Waals surface area contributed by atoms with Gasteiger partial charge in [0.1, 0.15) is 0 Å². The fourth-order valence-electron chi connectivity index (χ4n) is 2.83. The van der Waals surface area contributed by atoms with Crippen LogP contribution in [0.15, 0.2) is 17.7 Å². The Morgan fingerprint density at radius 2 is 1.72 bits per heavy atom. The van der Waals surface area contributed by atoms with Crippen LogP contribution in [-0.2, 0) is 25.0 Å². The number of hydrogen-bond acceptors (Lipinski definition) is 1. The van der Waals surface area contributed by atoms with Gasteiger partial charge in [-0.15, -0.1) is 0 Å². The predicted molar refractivity (Wildman–Crippen MR) is 63.1 cm³/mol. The van der Waals surface area contributed by atoms with Crippen molar-refractivity contribution in [2.24, 2.45) is 0 Å². The summed E-state index contributed by atoms with van der Waals surface area (Å²) in [6.07, 6.45) is 2.40. The minimum Gasteiger partial charge on any atom is -1.00 e. The summed E-state index contributed by atoms with van der Waals surface area (Å²) in [6.45, 7) is 7.79. The van der Waals surface area contributed by atoms with E-state index in [1.54, 1.807) is 11.1 Å². The van der Waals surface area contributed by atoms with Crippen LogP contribution in [0.5, 0.6) is 0 Å². The Bertz CT molecular complexity index is 481. The van der Waals surface area contributed by atoms with Gasteiger partial charge >= 0.3 is 106 Å². The fourth-order valence-corrected chi connectivity index (χ4v) is 8.22. The van der Waals surface area contributed by atoms with Gasteiger partial charge in [0, 0.05) is 0 Å². The molecule has 2 aliphatic rings. The van der Waals surface area contributed by atoms with E-state index in [1.807, 2.05) is 0 Å². The van der Waals surface area contributed by atoms with Gasteiger partial charge in [-0.25, -0.2) is 0 Å². The van der Waals surface area contributed by atoms with Crippen molar-refractivity contribution >= 4 is 6.08 Å². The average molecular weight is 363 g/mol. The number of allylic oxidation sites excluding steroid dienone is 1. The quantitative estimate of drug-likeness (QED) is 0.548. The van der Waals surface area contributed by atoms with Gasteiger partial charge in [0.15, 0.2) is 0 Å². The van der Waals surface area contributed by atoms with Gasteiger partial charge in [-0.2, -0.15) is 0 Å². The van der Waals surface area contributed by atoms with E-state index >= 15 is 0 Å². The van der Waals surface area contributed by atoms with Crippen LogP contribution < -0.4 is 24.8 Å². The third-order valence-corrected chi connectivity index (χ3v) is 10.3. The Balaban J connectivity index is 0.000000810. The molecular formula is C14H17Cl2OZr. The first-order valence-electron chi connectivity index (χ1n) is 5.95. The first kappa shape index (κ1) is 16.4. The Hall–Kier alpha value is 0.383. The standard InChI is InChI=1S/C12H13.C2H4O.2ClH.Zr/c1-8-6-11-9(2)4-5-10(3)12(11)7-8;1-2-3;;;/h4-7H,1-3H3;1-2H2;2*1H;/q;-1;;;+3/p-2. The average Bonchev–Trinajstić information content (AvgIpc) is 2.50. The molecule has 18 heavy (non-hydrogen) atoms. The molecule has 1 fully saturated rings. The van der Waals surface area contributed by atoms with E-state index in [0.717, 1.165) is 6.61 Å². The van der Waals surface area contributed by atoms with Crippen molar-refractivity contribution in [1.29, 1.82) is 0 Å². The van der Waals surface area contributed by atoms with Crippen LogP contribution in [0.4, 0.5) is 0 Å². The van der Waals surface area contributed by atoms with Gasteiger partial charge in [-0.1, -0.05) is 0 Å². The Morgan fingerprint density at radius 3 is 2.28 bits per heavy atom. The topological polar surface area (TPSA) is 9.23 Å². The van der Waals surface area contributed by atoms with Crippen molar-refractivity contribution in [3.05, 3.63) is 40.0 Å². The van der Waals surface area contributed by atoms with Crippen molar-refractivity contribution < 1.29 is 49.8 Å². The summed E-state index contributed by atoms with van der Waals surface area (Å²) in [7, 11) is 0. The van der Waals surface area contributed by atoms with E-state index in [9.17, 15) is 0 Å². The van der Waals surface area contributed by atoms with Gasteiger partial charge in [-0.05, 0) is 0 Å². The molecule has 97 valence electrons. The molecule has 3 rings (SSSR count). The minimum atomic E-state index is -1.54. The second kappa shape index (κ2) is 6.22. The van der Waals surface area contributed by atoms with Gasteiger partial charge in [-0.3, -0.25) is 0 Å². The Morgan fingerprint density at radius 1 is 1.11 bits per heavy atom. The summed E-state index contributed by atoms with van der Waals surface area (Å²) < 4.78 is 8.01. The molecule has 1 aliphatic heterocycles. The van der Waals surface area contributed by atoms with Gasteiger partial charge in [0.05, 0.1) is 0 Å². The summed E-state index contributed by atoms with van der Waals surface area (Å²) in [5.74, 6) is 0. The van der Waals surface area contributed by atoms with Crippen molar-refractivity contribution in [3.8, 4) is 0 Å². The maximum absolute atomic E-state index is 5.89. The van der Waals surface area contributed by atoms with Crippen molar-refractivity contribution in [2.75, 3.05) is 6.61 Å². The summed E-state index contributed by atoms with van der Waals surface area (Å²) in [6, 6.07) is 4.52. The van der Waals surface area contributed by atoms with Gasteiger partial charge < -0.3 is 24.8 Å². The molecule has 1 aliphatic carbocycles. The summed E-state index contributed by atoms with van der Waals surface area (Å²) in [5.41, 5.74) is 7.53. The number of rotatable bonds is 1. The summed E-state index contributed by atoms with van der Waals surface area (Å²) >= 11 is -1.54. The van der Waals surface area contributed by atoms with E-state index in [4.69, 9.17) is 2.81 Å². The number of fused-ring (bicyclic) bond motifs is 1. The van der Waals surface area contributed by atoms with E-state index in [1.165, 1.54) is 20.8 Å². The monoisotopic (exact) mass is 361 g/mol. The molecule has 0 bridgehead atoms. The molecule has 0 amide bonds. The Kier molecular flexibility index (Phi) is 5.68. The Labute approximate surface area is 130 Å². The molecule has 1 atom stereocenters. The van der Waals surface area contributed by atoms with Crippen molar-refractivity contribution in [1.82, 2.24) is 0 Å². The number of benzene rings is 1. The van der Waals surface area contributed by atoms with Gasteiger partial charge in [0.2, 0.25) is 0 Å². The molecule has 0 aromatic heterocycles. The molecule has 1 saturated heterocycles. The number of aryl methyl sites for hydroxylation is 2. The van der Waals surface area contributed by atoms with Crippen LogP contribution in [0.25, 0.3) is 6.08 Å². The zero-order chi connectivity index (χ0) is 11.3. The molecule has 1 heterocycles. The SMILES string of the molecule is CC1=Cc2c(C)ccc(C)c2[CH]1[Zr+2]1[CH2]C[O]1.[Cl-].[Cl-]. The molecule has 0 N–H and O–H groups in total. The van der Waals surface area contributed by atoms with Crippen molar-refractivity contribution in [2.45, 2.75) is 28.5 Å². The summed E-state index contributed by atoms with van der Waals surface area (Å²) in [4.78, 5) is 0. The van der Waals surface area contributed by atoms with E-state index in [-0.39, 0.29) is 24.8 Å². The molecule has 1 unspecified atom stereocenters. The molecule has 1 aromatic carbocycles. The molecule has 0 spiro atoms. The zero-order valence-electron chi connectivity index (χ0n) is 10.9. The first-order valence-corrected chi connectivity index (χ1v) is 10.1. The largest absolute Gasteiger partial charge is 1.00 e. The van der Waals surface area contributed by atoms with Crippen LogP contribution in [0.2, 0.25) is 4.13 Å². The fraction of sp³-hybridized carbons (Fsp3) is 0.429. The van der Waals surface area contributed by atoms with Crippen LogP contribution in [0.1, 0.15) is 32.8 Å². The minimum absolute atomic E-state index is 0. The second-order valence-electron chi connectivity index (χ2n) is 4.91. The van der Waals surface area contributed by atoms with Crippen molar-refractivity contribution in [3.63, 3.8) is 0 Å². The van der Waals surface area contributed by atoms with Gasteiger partial charge in [0.25, 0.3) is 0 Å². The first-order chi connectivity index (χ1) is 7.68. The second-order valence-corrected chi connectivity index (χ2v) is 10.6. The zero-order valence-corrected chi connectivity index (χ0v) is 14.9. The molecule has 0 radical (unpaired) electrons.